The molecule has 12 heteroatoms. The first-order valence-corrected chi connectivity index (χ1v) is 16.8. The predicted molar refractivity (Wildman–Crippen MR) is 189 cm³/mol. The Hall–Kier alpha value is -5.13. The number of aromatic nitrogens is 4. The summed E-state index contributed by atoms with van der Waals surface area (Å²) in [6, 6.07) is 17.6. The van der Waals surface area contributed by atoms with Gasteiger partial charge in [-0.15, -0.1) is 0 Å². The van der Waals surface area contributed by atoms with Crippen LogP contribution < -0.4 is 16.0 Å². The molecule has 0 spiro atoms. The van der Waals surface area contributed by atoms with Crippen molar-refractivity contribution >= 4 is 46.4 Å². The summed E-state index contributed by atoms with van der Waals surface area (Å²) in [7, 11) is 0. The summed E-state index contributed by atoms with van der Waals surface area (Å²) in [6.07, 6.45) is 5.05. The summed E-state index contributed by atoms with van der Waals surface area (Å²) in [6.45, 7) is 6.60. The third-order valence-corrected chi connectivity index (χ3v) is 8.96. The largest absolute Gasteiger partial charge is 0.381 e. The standard InChI is InChI=1S/C37H38ClN7O4/c1-3-31-28(34(42-26-13-15-49-16-14-26)29-21-41-45(4-2)35(29)44-31)20-40-37(48)33-10-6-9-32(43-33)36(47)39-19-23-11-12-30(38)27(18-23)25-8-5-7-24(17-25)22-46/h5-12,17-18,21-22,26H,3-4,13-16,19-20H2,1-2H3,(H,39,47)(H,40,48)(H,42,44). The van der Waals surface area contributed by atoms with Crippen LogP contribution in [0.5, 0.6) is 0 Å². The second kappa shape index (κ2) is 15.4. The number of anilines is 1. The average Bonchev–Trinajstić information content (AvgIpc) is 3.57. The fourth-order valence-electron chi connectivity index (χ4n) is 6.00. The lowest BCUT2D eigenvalue weighted by Gasteiger charge is -2.26. The molecule has 6 rings (SSSR count). The number of rotatable bonds is 12. The number of carbonyl (C=O) groups excluding carboxylic acids is 3. The number of benzene rings is 2. The van der Waals surface area contributed by atoms with E-state index in [9.17, 15) is 14.4 Å². The minimum absolute atomic E-state index is 0.117. The molecule has 1 saturated heterocycles. The van der Waals surface area contributed by atoms with E-state index in [-0.39, 0.29) is 30.5 Å². The van der Waals surface area contributed by atoms with Crippen molar-refractivity contribution in [3.8, 4) is 11.1 Å². The van der Waals surface area contributed by atoms with E-state index in [1.165, 1.54) is 0 Å². The van der Waals surface area contributed by atoms with Crippen LogP contribution in [-0.4, -0.2) is 57.1 Å². The molecule has 0 radical (unpaired) electrons. The van der Waals surface area contributed by atoms with Gasteiger partial charge in [0.2, 0.25) is 0 Å². The Kier molecular flexibility index (Phi) is 10.6. The number of fused-ring (bicyclic) bond motifs is 1. The zero-order valence-electron chi connectivity index (χ0n) is 27.5. The van der Waals surface area contributed by atoms with Crippen molar-refractivity contribution in [2.45, 2.75) is 58.8 Å². The summed E-state index contributed by atoms with van der Waals surface area (Å²) in [5.74, 6) is -0.828. The van der Waals surface area contributed by atoms with E-state index < -0.39 is 11.8 Å². The third-order valence-electron chi connectivity index (χ3n) is 8.63. The summed E-state index contributed by atoms with van der Waals surface area (Å²) in [5.41, 5.74) is 6.66. The number of pyridine rings is 2. The Bertz CT molecular complexity index is 2000. The number of nitrogens with zero attached hydrogens (tertiary/aromatic N) is 4. The number of aryl methyl sites for hydroxylation is 2. The first-order valence-electron chi connectivity index (χ1n) is 16.5. The number of aldehydes is 1. The molecular formula is C37H38ClN7O4. The molecule has 49 heavy (non-hydrogen) atoms. The number of carbonyl (C=O) groups is 3. The number of hydrogen-bond acceptors (Lipinski definition) is 8. The Morgan fingerprint density at radius 3 is 2.41 bits per heavy atom. The lowest BCUT2D eigenvalue weighted by molar-refractivity contribution is 0.0904. The molecule has 2 aromatic carbocycles. The van der Waals surface area contributed by atoms with Gasteiger partial charge < -0.3 is 20.7 Å². The molecule has 0 saturated carbocycles. The van der Waals surface area contributed by atoms with Crippen molar-refractivity contribution in [2.24, 2.45) is 0 Å². The normalized spacial score (nSPS) is 13.3. The summed E-state index contributed by atoms with van der Waals surface area (Å²) in [4.78, 5) is 47.1. The van der Waals surface area contributed by atoms with Crippen molar-refractivity contribution in [2.75, 3.05) is 18.5 Å². The maximum Gasteiger partial charge on any atom is 0.270 e. The van der Waals surface area contributed by atoms with Crippen LogP contribution in [0, 0.1) is 0 Å². The highest BCUT2D eigenvalue weighted by molar-refractivity contribution is 6.33. The van der Waals surface area contributed by atoms with Crippen molar-refractivity contribution in [1.29, 1.82) is 0 Å². The van der Waals surface area contributed by atoms with Gasteiger partial charge in [0.05, 0.1) is 17.3 Å². The fraction of sp³-hybridized carbons (Fsp3) is 0.297. The molecule has 4 heterocycles. The van der Waals surface area contributed by atoms with Gasteiger partial charge in [-0.25, -0.2) is 14.6 Å². The van der Waals surface area contributed by atoms with Crippen LogP contribution in [0.2, 0.25) is 5.02 Å². The first kappa shape index (κ1) is 33.8. The van der Waals surface area contributed by atoms with Crippen molar-refractivity contribution in [1.82, 2.24) is 30.4 Å². The van der Waals surface area contributed by atoms with Crippen LogP contribution in [0.3, 0.4) is 0 Å². The molecule has 1 fully saturated rings. The van der Waals surface area contributed by atoms with Crippen molar-refractivity contribution < 1.29 is 19.1 Å². The van der Waals surface area contributed by atoms with Gasteiger partial charge in [-0.1, -0.05) is 48.9 Å². The maximum atomic E-state index is 13.4. The molecule has 1 aliphatic heterocycles. The molecule has 3 aromatic heterocycles. The summed E-state index contributed by atoms with van der Waals surface area (Å²) in [5, 5.41) is 15.6. The minimum Gasteiger partial charge on any atom is -0.381 e. The highest BCUT2D eigenvalue weighted by atomic mass is 35.5. The summed E-state index contributed by atoms with van der Waals surface area (Å²) >= 11 is 6.46. The van der Waals surface area contributed by atoms with Crippen molar-refractivity contribution in [3.05, 3.63) is 106 Å². The number of nitrogens with one attached hydrogen (secondary N) is 3. The predicted octanol–water partition coefficient (Wildman–Crippen LogP) is 5.99. The average molecular weight is 680 g/mol. The second-order valence-electron chi connectivity index (χ2n) is 11.8. The van der Waals surface area contributed by atoms with Gasteiger partial charge in [0.1, 0.15) is 17.7 Å². The Morgan fingerprint density at radius 2 is 1.69 bits per heavy atom. The van der Waals surface area contributed by atoms with Crippen LogP contribution in [-0.2, 0) is 30.8 Å². The van der Waals surface area contributed by atoms with Gasteiger partial charge in [0.15, 0.2) is 5.65 Å². The van der Waals surface area contributed by atoms with Crippen LogP contribution >= 0.6 is 11.6 Å². The molecule has 2 amide bonds. The zero-order chi connectivity index (χ0) is 34.3. The lowest BCUT2D eigenvalue weighted by atomic mass is 10.0. The van der Waals surface area contributed by atoms with E-state index in [1.54, 1.807) is 42.5 Å². The van der Waals surface area contributed by atoms with Gasteiger partial charge in [-0.2, -0.15) is 5.10 Å². The Balaban J connectivity index is 1.16. The van der Waals surface area contributed by atoms with Crippen LogP contribution in [0.1, 0.15) is 74.8 Å². The smallest absolute Gasteiger partial charge is 0.270 e. The Morgan fingerprint density at radius 1 is 0.959 bits per heavy atom. The number of halogens is 1. The van der Waals surface area contributed by atoms with E-state index in [0.29, 0.717) is 36.8 Å². The van der Waals surface area contributed by atoms with Crippen LogP contribution in [0.25, 0.3) is 22.2 Å². The molecule has 0 aliphatic carbocycles. The molecule has 5 aromatic rings. The Labute approximate surface area is 289 Å². The summed E-state index contributed by atoms with van der Waals surface area (Å²) < 4.78 is 7.45. The molecule has 3 N–H and O–H groups in total. The van der Waals surface area contributed by atoms with Gasteiger partial charge in [-0.3, -0.25) is 14.4 Å². The lowest BCUT2D eigenvalue weighted by Crippen LogP contribution is -2.30. The molecule has 0 bridgehead atoms. The highest BCUT2D eigenvalue weighted by Crippen LogP contribution is 2.32. The number of amides is 2. The zero-order valence-corrected chi connectivity index (χ0v) is 28.2. The van der Waals surface area contributed by atoms with Gasteiger partial charge in [-0.05, 0) is 67.6 Å². The quantitative estimate of drug-likeness (QED) is 0.137. The second-order valence-corrected chi connectivity index (χ2v) is 12.2. The van der Waals surface area contributed by atoms with E-state index in [2.05, 4.69) is 26.0 Å². The molecular weight excluding hydrogens is 642 g/mol. The molecule has 0 atom stereocenters. The number of hydrogen-bond donors (Lipinski definition) is 3. The van der Waals surface area contributed by atoms with Crippen LogP contribution in [0.15, 0.2) is 66.9 Å². The van der Waals surface area contributed by atoms with Gasteiger partial charge >= 0.3 is 0 Å². The van der Waals surface area contributed by atoms with Crippen LogP contribution in [0.4, 0.5) is 5.69 Å². The fourth-order valence-corrected chi connectivity index (χ4v) is 6.23. The molecule has 0 unspecified atom stereocenters. The molecule has 11 nitrogen and oxygen atoms in total. The number of ether oxygens (including phenoxy) is 1. The van der Waals surface area contributed by atoms with Gasteiger partial charge in [0, 0.05) is 66.3 Å². The van der Waals surface area contributed by atoms with E-state index in [4.69, 9.17) is 21.3 Å². The van der Waals surface area contributed by atoms with Gasteiger partial charge in [0.25, 0.3) is 11.8 Å². The monoisotopic (exact) mass is 679 g/mol. The van der Waals surface area contributed by atoms with E-state index >= 15 is 0 Å². The maximum absolute atomic E-state index is 13.4. The molecule has 1 aliphatic rings. The van der Waals surface area contributed by atoms with E-state index in [0.717, 1.165) is 63.8 Å². The van der Waals surface area contributed by atoms with E-state index in [1.807, 2.05) is 42.9 Å². The highest BCUT2D eigenvalue weighted by Gasteiger charge is 2.22. The first-order chi connectivity index (χ1) is 23.9. The minimum atomic E-state index is -0.423. The molecule has 252 valence electrons. The van der Waals surface area contributed by atoms with Crippen molar-refractivity contribution in [3.63, 3.8) is 0 Å². The third kappa shape index (κ3) is 7.63. The SMILES string of the molecule is CCc1nc2c(cnn2CC)c(NC2CCOCC2)c1CNC(=O)c1cccc(C(=O)NCc2ccc(Cl)c(-c3cccc(C=O)c3)c2)n1. The topological polar surface area (TPSA) is 140 Å².